The maximum atomic E-state index is 11.9. The minimum Gasteiger partial charge on any atom is -0.391 e. The number of sulfonamides is 1. The number of thiophene rings is 1. The van der Waals surface area contributed by atoms with E-state index in [9.17, 15) is 8.42 Å². The first kappa shape index (κ1) is 14.6. The SMILES string of the molecule is CC(C)(C)CCNS(=O)(=O)c1ccc(CO)s1. The van der Waals surface area contributed by atoms with Crippen LogP contribution in [0.1, 0.15) is 32.1 Å². The Morgan fingerprint density at radius 2 is 2.00 bits per heavy atom. The van der Waals surface area contributed by atoms with Crippen molar-refractivity contribution in [2.24, 2.45) is 5.41 Å². The second-order valence-corrected chi connectivity index (χ2v) is 8.25. The van der Waals surface area contributed by atoms with Crippen LogP contribution in [-0.2, 0) is 16.6 Å². The van der Waals surface area contributed by atoms with E-state index >= 15 is 0 Å². The van der Waals surface area contributed by atoms with E-state index in [2.05, 4.69) is 25.5 Å². The third-order valence-corrected chi connectivity index (χ3v) is 5.25. The first-order valence-electron chi connectivity index (χ1n) is 5.44. The molecule has 98 valence electrons. The Morgan fingerprint density at radius 3 is 2.47 bits per heavy atom. The van der Waals surface area contributed by atoms with Crippen LogP contribution in [0.5, 0.6) is 0 Å². The zero-order chi connectivity index (χ0) is 13.1. The van der Waals surface area contributed by atoms with Gasteiger partial charge < -0.3 is 5.11 Å². The average Bonchev–Trinajstić information content (AvgIpc) is 2.63. The molecule has 0 unspecified atom stereocenters. The normalized spacial score (nSPS) is 12.9. The van der Waals surface area contributed by atoms with Crippen LogP contribution in [0, 0.1) is 5.41 Å². The van der Waals surface area contributed by atoms with E-state index in [1.54, 1.807) is 6.07 Å². The average molecular weight is 277 g/mol. The smallest absolute Gasteiger partial charge is 0.250 e. The molecule has 1 aromatic heterocycles. The molecule has 0 amide bonds. The zero-order valence-corrected chi connectivity index (χ0v) is 12.0. The molecule has 0 aliphatic rings. The summed E-state index contributed by atoms with van der Waals surface area (Å²) in [7, 11) is -3.41. The topological polar surface area (TPSA) is 66.4 Å². The lowest BCUT2D eigenvalue weighted by Crippen LogP contribution is -2.26. The molecule has 17 heavy (non-hydrogen) atoms. The molecule has 2 N–H and O–H groups in total. The largest absolute Gasteiger partial charge is 0.391 e. The number of aliphatic hydroxyl groups is 1. The van der Waals surface area contributed by atoms with E-state index in [-0.39, 0.29) is 16.2 Å². The first-order valence-corrected chi connectivity index (χ1v) is 7.74. The number of nitrogens with one attached hydrogen (secondary N) is 1. The highest BCUT2D eigenvalue weighted by molar-refractivity contribution is 7.91. The van der Waals surface area contributed by atoms with Gasteiger partial charge in [0.2, 0.25) is 10.0 Å². The highest BCUT2D eigenvalue weighted by Gasteiger charge is 2.18. The number of aliphatic hydroxyl groups excluding tert-OH is 1. The van der Waals surface area contributed by atoms with Crippen LogP contribution in [-0.4, -0.2) is 20.1 Å². The fourth-order valence-electron chi connectivity index (χ4n) is 1.22. The highest BCUT2D eigenvalue weighted by Crippen LogP contribution is 2.22. The second-order valence-electron chi connectivity index (χ2n) is 5.09. The quantitative estimate of drug-likeness (QED) is 0.864. The van der Waals surface area contributed by atoms with E-state index in [4.69, 9.17) is 5.11 Å². The molecule has 1 rings (SSSR count). The molecule has 0 fully saturated rings. The molecule has 0 saturated heterocycles. The van der Waals surface area contributed by atoms with Crippen molar-refractivity contribution in [3.63, 3.8) is 0 Å². The van der Waals surface area contributed by atoms with Crippen molar-refractivity contribution in [2.75, 3.05) is 6.54 Å². The van der Waals surface area contributed by atoms with Gasteiger partial charge in [-0.3, -0.25) is 0 Å². The third-order valence-electron chi connectivity index (χ3n) is 2.22. The van der Waals surface area contributed by atoms with E-state index < -0.39 is 10.0 Å². The summed E-state index contributed by atoms with van der Waals surface area (Å²) in [6.07, 6.45) is 0.782. The van der Waals surface area contributed by atoms with Gasteiger partial charge >= 0.3 is 0 Å². The van der Waals surface area contributed by atoms with Gasteiger partial charge in [0.1, 0.15) is 4.21 Å². The Morgan fingerprint density at radius 1 is 1.35 bits per heavy atom. The lowest BCUT2D eigenvalue weighted by Gasteiger charge is -2.17. The predicted octanol–water partition coefficient (Wildman–Crippen LogP) is 1.95. The van der Waals surface area contributed by atoms with Gasteiger partial charge in [-0.1, -0.05) is 20.8 Å². The minimum absolute atomic E-state index is 0.105. The molecule has 6 heteroatoms. The van der Waals surface area contributed by atoms with Crippen LogP contribution in [0.3, 0.4) is 0 Å². The maximum absolute atomic E-state index is 11.9. The van der Waals surface area contributed by atoms with Gasteiger partial charge in [0.05, 0.1) is 6.61 Å². The van der Waals surface area contributed by atoms with Crippen LogP contribution in [0.2, 0.25) is 0 Å². The molecule has 0 bridgehead atoms. The van der Waals surface area contributed by atoms with Crippen LogP contribution in [0.15, 0.2) is 16.3 Å². The minimum atomic E-state index is -3.41. The summed E-state index contributed by atoms with van der Waals surface area (Å²) < 4.78 is 26.6. The Kier molecular flexibility index (Phi) is 4.71. The van der Waals surface area contributed by atoms with Crippen LogP contribution in [0.25, 0.3) is 0 Å². The van der Waals surface area contributed by atoms with Crippen LogP contribution in [0.4, 0.5) is 0 Å². The zero-order valence-electron chi connectivity index (χ0n) is 10.4. The van der Waals surface area contributed by atoms with Crippen LogP contribution < -0.4 is 4.72 Å². The number of hydrogen-bond donors (Lipinski definition) is 2. The lowest BCUT2D eigenvalue weighted by atomic mass is 9.93. The maximum Gasteiger partial charge on any atom is 0.250 e. The number of rotatable bonds is 5. The van der Waals surface area contributed by atoms with E-state index in [1.807, 2.05) is 0 Å². The molecule has 0 aliphatic carbocycles. The standard InChI is InChI=1S/C11H19NO3S2/c1-11(2,3)6-7-12-17(14,15)10-5-4-9(8-13)16-10/h4-5,12-13H,6-8H2,1-3H3. The van der Waals surface area contributed by atoms with Crippen molar-refractivity contribution in [1.82, 2.24) is 4.72 Å². The second kappa shape index (κ2) is 5.48. The van der Waals surface area contributed by atoms with Gasteiger partial charge in [-0.05, 0) is 24.0 Å². The van der Waals surface area contributed by atoms with Gasteiger partial charge in [-0.25, -0.2) is 13.1 Å². The van der Waals surface area contributed by atoms with Crippen molar-refractivity contribution in [2.45, 2.75) is 38.0 Å². The molecule has 0 saturated carbocycles. The molecule has 0 aromatic carbocycles. The van der Waals surface area contributed by atoms with Gasteiger partial charge in [0.15, 0.2) is 0 Å². The van der Waals surface area contributed by atoms with Crippen molar-refractivity contribution < 1.29 is 13.5 Å². The summed E-state index contributed by atoms with van der Waals surface area (Å²) in [5.41, 5.74) is 0.105. The molecule has 0 aliphatic heterocycles. The summed E-state index contributed by atoms with van der Waals surface area (Å²) in [4.78, 5) is 0.654. The molecule has 1 heterocycles. The van der Waals surface area contributed by atoms with Crippen LogP contribution >= 0.6 is 11.3 Å². The van der Waals surface area contributed by atoms with Crippen molar-refractivity contribution in [3.05, 3.63) is 17.0 Å². The summed E-state index contributed by atoms with van der Waals surface area (Å²) in [5, 5.41) is 8.89. The Labute approximate surface area is 107 Å². The highest BCUT2D eigenvalue weighted by atomic mass is 32.2. The van der Waals surface area contributed by atoms with E-state index in [0.717, 1.165) is 17.8 Å². The first-order chi connectivity index (χ1) is 7.74. The molecule has 1 aromatic rings. The molecule has 0 spiro atoms. The molecular weight excluding hydrogens is 258 g/mol. The number of hydrogen-bond acceptors (Lipinski definition) is 4. The van der Waals surface area contributed by atoms with Gasteiger partial charge in [-0.15, -0.1) is 11.3 Å². The molecule has 0 atom stereocenters. The molecule has 4 nitrogen and oxygen atoms in total. The van der Waals surface area contributed by atoms with Gasteiger partial charge in [0, 0.05) is 11.4 Å². The summed E-state index contributed by atoms with van der Waals surface area (Å²) >= 11 is 1.10. The van der Waals surface area contributed by atoms with Gasteiger partial charge in [-0.2, -0.15) is 0 Å². The molecule has 0 radical (unpaired) electrons. The lowest BCUT2D eigenvalue weighted by molar-refractivity contribution is 0.285. The molecular formula is C11H19NO3S2. The Balaban J connectivity index is 2.63. The fraction of sp³-hybridized carbons (Fsp3) is 0.636. The van der Waals surface area contributed by atoms with Gasteiger partial charge in [0.25, 0.3) is 0 Å². The summed E-state index contributed by atoms with van der Waals surface area (Å²) in [6.45, 7) is 6.50. The monoisotopic (exact) mass is 277 g/mol. The van der Waals surface area contributed by atoms with E-state index in [0.29, 0.717) is 11.4 Å². The van der Waals surface area contributed by atoms with Crippen molar-refractivity contribution in [3.8, 4) is 0 Å². The van der Waals surface area contributed by atoms with Crippen molar-refractivity contribution >= 4 is 21.4 Å². The third kappa shape index (κ3) is 4.75. The predicted molar refractivity (Wildman–Crippen MR) is 69.5 cm³/mol. The summed E-state index contributed by atoms with van der Waals surface area (Å²) in [5.74, 6) is 0. The summed E-state index contributed by atoms with van der Waals surface area (Å²) in [6, 6.07) is 3.15. The van der Waals surface area contributed by atoms with E-state index in [1.165, 1.54) is 6.07 Å². The van der Waals surface area contributed by atoms with Crippen molar-refractivity contribution in [1.29, 1.82) is 0 Å². The Bertz CT molecular complexity index is 457. The fourth-order valence-corrected chi connectivity index (χ4v) is 3.51. The Hall–Kier alpha value is -0.430.